The summed E-state index contributed by atoms with van der Waals surface area (Å²) in [5.41, 5.74) is -0.0450. The molecular formula is C15H15F3N4O2. The van der Waals surface area contributed by atoms with Crippen LogP contribution in [0, 0.1) is 6.92 Å². The maximum absolute atomic E-state index is 12.9. The summed E-state index contributed by atoms with van der Waals surface area (Å²) in [5.74, 6) is -0.163. The van der Waals surface area contributed by atoms with E-state index in [0.717, 1.165) is 18.2 Å². The molecule has 128 valence electrons. The Hall–Kier alpha value is -2.71. The minimum atomic E-state index is -4.47. The molecule has 0 bridgehead atoms. The van der Waals surface area contributed by atoms with Gasteiger partial charge in [0.1, 0.15) is 0 Å². The van der Waals surface area contributed by atoms with Gasteiger partial charge in [-0.2, -0.15) is 18.0 Å². The second-order valence-electron chi connectivity index (χ2n) is 4.86. The lowest BCUT2D eigenvalue weighted by Crippen LogP contribution is -2.10. The molecule has 0 aliphatic carbocycles. The van der Waals surface area contributed by atoms with Crippen LogP contribution in [0.1, 0.15) is 29.4 Å². The fraction of sp³-hybridized carbons (Fsp3) is 0.333. The van der Waals surface area contributed by atoms with Crippen LogP contribution in [0.5, 0.6) is 0 Å². The van der Waals surface area contributed by atoms with Crippen molar-refractivity contribution >= 4 is 12.0 Å². The first-order valence-electron chi connectivity index (χ1n) is 7.09. The van der Waals surface area contributed by atoms with E-state index >= 15 is 0 Å². The Morgan fingerprint density at radius 1 is 1.38 bits per heavy atom. The third kappa shape index (κ3) is 4.64. The summed E-state index contributed by atoms with van der Waals surface area (Å²) in [4.78, 5) is 12.6. The molecule has 6 nitrogen and oxygen atoms in total. The van der Waals surface area contributed by atoms with E-state index < -0.39 is 17.7 Å². The number of tetrazole rings is 1. The van der Waals surface area contributed by atoms with Crippen LogP contribution in [0.4, 0.5) is 13.2 Å². The minimum absolute atomic E-state index is 0.00669. The summed E-state index contributed by atoms with van der Waals surface area (Å²) < 4.78 is 43.5. The first-order chi connectivity index (χ1) is 11.3. The fourth-order valence-corrected chi connectivity index (χ4v) is 1.97. The molecule has 0 N–H and O–H groups in total. The molecule has 9 heteroatoms. The molecule has 0 atom stereocenters. The molecule has 0 saturated heterocycles. The van der Waals surface area contributed by atoms with Crippen LogP contribution in [-0.2, 0) is 22.3 Å². The standard InChI is InChI=1S/C15H15F3N4O2/c1-3-24-14(23)7-5-11-4-6-13(15(16,17)18)8-12(11)9-22-20-10(2)19-21-22/h4-8H,3,9H2,1-2H3/b7-5+. The third-order valence-electron chi connectivity index (χ3n) is 3.02. The van der Waals surface area contributed by atoms with E-state index in [0.29, 0.717) is 17.0 Å². The molecule has 1 aromatic heterocycles. The number of carbonyl (C=O) groups is 1. The van der Waals surface area contributed by atoms with Crippen LogP contribution in [0.25, 0.3) is 6.08 Å². The van der Waals surface area contributed by atoms with E-state index in [2.05, 4.69) is 15.4 Å². The van der Waals surface area contributed by atoms with Gasteiger partial charge in [-0.25, -0.2) is 4.79 Å². The zero-order valence-electron chi connectivity index (χ0n) is 13.0. The van der Waals surface area contributed by atoms with Crippen molar-refractivity contribution in [1.29, 1.82) is 0 Å². The molecule has 0 amide bonds. The van der Waals surface area contributed by atoms with Gasteiger partial charge in [0.15, 0.2) is 5.82 Å². The number of halogens is 3. The van der Waals surface area contributed by atoms with Crippen molar-refractivity contribution in [2.45, 2.75) is 26.6 Å². The maximum atomic E-state index is 12.9. The highest BCUT2D eigenvalue weighted by Gasteiger charge is 2.30. The lowest BCUT2D eigenvalue weighted by Gasteiger charge is -2.11. The van der Waals surface area contributed by atoms with Gasteiger partial charge in [-0.15, -0.1) is 10.2 Å². The van der Waals surface area contributed by atoms with Crippen LogP contribution < -0.4 is 0 Å². The van der Waals surface area contributed by atoms with Gasteiger partial charge in [0, 0.05) is 6.08 Å². The Balaban J connectivity index is 2.36. The SMILES string of the molecule is CCOC(=O)/C=C/c1ccc(C(F)(F)F)cc1Cn1nnc(C)n1. The summed E-state index contributed by atoms with van der Waals surface area (Å²) in [6.07, 6.45) is -1.91. The molecule has 0 saturated carbocycles. The largest absolute Gasteiger partial charge is 0.463 e. The highest BCUT2D eigenvalue weighted by Crippen LogP contribution is 2.31. The number of aryl methyl sites for hydroxylation is 1. The molecule has 1 heterocycles. The monoisotopic (exact) mass is 340 g/mol. The van der Waals surface area contributed by atoms with Crippen molar-refractivity contribution in [2.75, 3.05) is 6.61 Å². The smallest absolute Gasteiger partial charge is 0.416 e. The normalized spacial score (nSPS) is 11.9. The minimum Gasteiger partial charge on any atom is -0.463 e. The van der Waals surface area contributed by atoms with Crippen LogP contribution in [-0.4, -0.2) is 32.8 Å². The Labute approximate surface area is 135 Å². The predicted molar refractivity (Wildman–Crippen MR) is 78.8 cm³/mol. The number of nitrogens with zero attached hydrogens (tertiary/aromatic N) is 4. The molecule has 0 unspecified atom stereocenters. The first-order valence-corrected chi connectivity index (χ1v) is 7.09. The van der Waals surface area contributed by atoms with E-state index in [-0.39, 0.29) is 13.2 Å². The Morgan fingerprint density at radius 3 is 2.71 bits per heavy atom. The zero-order valence-corrected chi connectivity index (χ0v) is 13.0. The summed E-state index contributed by atoms with van der Waals surface area (Å²) >= 11 is 0. The maximum Gasteiger partial charge on any atom is 0.416 e. The van der Waals surface area contributed by atoms with E-state index in [1.54, 1.807) is 13.8 Å². The van der Waals surface area contributed by atoms with Crippen LogP contribution in [0.15, 0.2) is 24.3 Å². The van der Waals surface area contributed by atoms with Crippen molar-refractivity contribution in [3.8, 4) is 0 Å². The second-order valence-corrected chi connectivity index (χ2v) is 4.86. The number of benzene rings is 1. The predicted octanol–water partition coefficient (Wildman–Crippen LogP) is 2.62. The lowest BCUT2D eigenvalue weighted by molar-refractivity contribution is -0.138. The lowest BCUT2D eigenvalue weighted by atomic mass is 10.0. The fourth-order valence-electron chi connectivity index (χ4n) is 1.97. The van der Waals surface area contributed by atoms with Gasteiger partial charge in [0.05, 0.1) is 18.7 Å². The topological polar surface area (TPSA) is 69.9 Å². The molecule has 0 spiro atoms. The molecule has 2 aromatic rings. The summed E-state index contributed by atoms with van der Waals surface area (Å²) in [5, 5.41) is 11.4. The summed E-state index contributed by atoms with van der Waals surface area (Å²) in [7, 11) is 0. The summed E-state index contributed by atoms with van der Waals surface area (Å²) in [6.45, 7) is 3.49. The highest BCUT2D eigenvalue weighted by molar-refractivity contribution is 5.87. The number of rotatable bonds is 5. The van der Waals surface area contributed by atoms with E-state index in [1.807, 2.05) is 0 Å². The summed E-state index contributed by atoms with van der Waals surface area (Å²) in [6, 6.07) is 3.25. The average molecular weight is 340 g/mol. The number of aromatic nitrogens is 4. The van der Waals surface area contributed by atoms with Gasteiger partial charge in [-0.1, -0.05) is 6.07 Å². The van der Waals surface area contributed by atoms with Crippen molar-refractivity contribution in [2.24, 2.45) is 0 Å². The van der Waals surface area contributed by atoms with E-state index in [4.69, 9.17) is 4.74 Å². The first kappa shape index (κ1) is 17.6. The van der Waals surface area contributed by atoms with Crippen LogP contribution in [0.3, 0.4) is 0 Å². The van der Waals surface area contributed by atoms with Crippen molar-refractivity contribution < 1.29 is 22.7 Å². The van der Waals surface area contributed by atoms with Crippen molar-refractivity contribution in [3.05, 3.63) is 46.8 Å². The zero-order chi connectivity index (χ0) is 17.7. The van der Waals surface area contributed by atoms with Crippen molar-refractivity contribution in [3.63, 3.8) is 0 Å². The quantitative estimate of drug-likeness (QED) is 0.618. The molecule has 2 rings (SSSR count). The van der Waals surface area contributed by atoms with Gasteiger partial charge < -0.3 is 4.74 Å². The number of esters is 1. The van der Waals surface area contributed by atoms with Crippen LogP contribution >= 0.6 is 0 Å². The van der Waals surface area contributed by atoms with Gasteiger partial charge in [-0.05, 0) is 48.4 Å². The highest BCUT2D eigenvalue weighted by atomic mass is 19.4. The average Bonchev–Trinajstić information content (AvgIpc) is 2.90. The Morgan fingerprint density at radius 2 is 2.12 bits per heavy atom. The van der Waals surface area contributed by atoms with E-state index in [9.17, 15) is 18.0 Å². The number of hydrogen-bond donors (Lipinski definition) is 0. The molecule has 24 heavy (non-hydrogen) atoms. The van der Waals surface area contributed by atoms with Gasteiger partial charge in [-0.3, -0.25) is 0 Å². The van der Waals surface area contributed by atoms with Gasteiger partial charge in [0.2, 0.25) is 0 Å². The van der Waals surface area contributed by atoms with Crippen molar-refractivity contribution in [1.82, 2.24) is 20.2 Å². The molecular weight excluding hydrogens is 325 g/mol. The Kier molecular flexibility index (Phi) is 5.32. The molecule has 0 aliphatic rings. The number of ether oxygens (including phenoxy) is 1. The second kappa shape index (κ2) is 7.24. The number of carbonyl (C=O) groups excluding carboxylic acids is 1. The molecule has 0 aliphatic heterocycles. The number of alkyl halides is 3. The molecule has 0 fully saturated rings. The van der Waals surface area contributed by atoms with Crippen LogP contribution in [0.2, 0.25) is 0 Å². The Bertz CT molecular complexity index is 753. The van der Waals surface area contributed by atoms with Gasteiger partial charge >= 0.3 is 12.1 Å². The van der Waals surface area contributed by atoms with E-state index in [1.165, 1.54) is 16.9 Å². The molecule has 0 radical (unpaired) electrons. The number of hydrogen-bond acceptors (Lipinski definition) is 5. The molecule has 1 aromatic carbocycles. The van der Waals surface area contributed by atoms with Gasteiger partial charge in [0.25, 0.3) is 0 Å². The third-order valence-corrected chi connectivity index (χ3v) is 3.02.